The maximum atomic E-state index is 11.5. The quantitative estimate of drug-likeness (QED) is 0.150. The highest BCUT2D eigenvalue weighted by Gasteiger charge is 2.27. The molecule has 2 aliphatic rings. The first-order chi connectivity index (χ1) is 24.9. The Balaban J connectivity index is 1.09. The summed E-state index contributed by atoms with van der Waals surface area (Å²) in [7, 11) is 3.17. The van der Waals surface area contributed by atoms with E-state index in [-0.39, 0.29) is 11.9 Å². The molecule has 2 aliphatic heterocycles. The average molecular weight is 726 g/mol. The number of hydrogen-bond donors (Lipinski definition) is 2. The van der Waals surface area contributed by atoms with Gasteiger partial charge in [-0.15, -0.1) is 0 Å². The number of nitrogens with zero attached hydrogens (tertiary/aromatic N) is 6. The number of halogens is 2. The van der Waals surface area contributed by atoms with Crippen molar-refractivity contribution in [1.29, 1.82) is 0 Å². The molecular formula is C38H38Cl2N8O3. The number of benzene rings is 2. The van der Waals surface area contributed by atoms with Crippen LogP contribution in [0.5, 0.6) is 11.8 Å². The van der Waals surface area contributed by atoms with Crippen molar-refractivity contribution in [2.24, 2.45) is 0 Å². The second-order valence-electron chi connectivity index (χ2n) is 12.7. The zero-order chi connectivity index (χ0) is 35.3. The van der Waals surface area contributed by atoms with Crippen LogP contribution in [0.15, 0.2) is 73.2 Å². The fraction of sp³-hybridized carbons (Fsp3) is 0.316. The molecule has 0 aliphatic carbocycles. The van der Waals surface area contributed by atoms with Gasteiger partial charge in [0.2, 0.25) is 17.7 Å². The van der Waals surface area contributed by atoms with Crippen molar-refractivity contribution in [1.82, 2.24) is 40.5 Å². The van der Waals surface area contributed by atoms with Crippen LogP contribution in [-0.2, 0) is 17.9 Å². The molecule has 2 aromatic carbocycles. The first-order valence-electron chi connectivity index (χ1n) is 16.9. The minimum Gasteiger partial charge on any atom is -0.480 e. The van der Waals surface area contributed by atoms with Crippen molar-refractivity contribution in [3.8, 4) is 45.4 Å². The highest BCUT2D eigenvalue weighted by atomic mass is 35.5. The molecule has 262 valence electrons. The van der Waals surface area contributed by atoms with Crippen molar-refractivity contribution in [3.63, 3.8) is 0 Å². The lowest BCUT2D eigenvalue weighted by Gasteiger charge is -2.18. The van der Waals surface area contributed by atoms with Gasteiger partial charge in [0.1, 0.15) is 11.4 Å². The van der Waals surface area contributed by atoms with Gasteiger partial charge in [-0.2, -0.15) is 0 Å². The van der Waals surface area contributed by atoms with Gasteiger partial charge in [-0.3, -0.25) is 24.6 Å². The van der Waals surface area contributed by atoms with Gasteiger partial charge in [-0.25, -0.2) is 9.97 Å². The van der Waals surface area contributed by atoms with E-state index in [1.54, 1.807) is 26.6 Å². The van der Waals surface area contributed by atoms with Crippen LogP contribution in [0.2, 0.25) is 10.0 Å². The summed E-state index contributed by atoms with van der Waals surface area (Å²) in [5.74, 6) is 1.34. The number of rotatable bonds is 12. The first kappa shape index (κ1) is 34.8. The summed E-state index contributed by atoms with van der Waals surface area (Å²) in [5, 5.41) is 7.26. The molecule has 0 saturated carbocycles. The van der Waals surface area contributed by atoms with Gasteiger partial charge in [0.15, 0.2) is 0 Å². The SMILES string of the molecule is COc1nc(-c2cccc(-c3cccc(-c4cnc(CN5CCC(c6ccccn6)C5)c(OC)n4)c3Cl)c2Cl)cnc1CNC[C@@H]1CCC(=O)N1. The number of nitrogens with one attached hydrogen (secondary N) is 2. The predicted molar refractivity (Wildman–Crippen MR) is 197 cm³/mol. The molecule has 0 radical (unpaired) electrons. The smallest absolute Gasteiger partial charge is 0.237 e. The summed E-state index contributed by atoms with van der Waals surface area (Å²) in [6, 6.07) is 17.7. The second kappa shape index (κ2) is 15.7. The average Bonchev–Trinajstić information content (AvgIpc) is 3.81. The molecule has 2 N–H and O–H groups in total. The molecule has 13 heteroatoms. The molecule has 0 spiro atoms. The van der Waals surface area contributed by atoms with Crippen LogP contribution >= 0.6 is 23.2 Å². The summed E-state index contributed by atoms with van der Waals surface area (Å²) in [6.45, 7) is 3.56. The molecule has 1 unspecified atom stereocenters. The van der Waals surface area contributed by atoms with Crippen molar-refractivity contribution < 1.29 is 14.3 Å². The lowest BCUT2D eigenvalue weighted by Crippen LogP contribution is -2.35. The van der Waals surface area contributed by atoms with Crippen molar-refractivity contribution in [2.45, 2.75) is 44.3 Å². The van der Waals surface area contributed by atoms with E-state index in [2.05, 4.69) is 31.6 Å². The monoisotopic (exact) mass is 724 g/mol. The number of methoxy groups -OCH3 is 2. The number of amides is 1. The zero-order valence-electron chi connectivity index (χ0n) is 28.4. The molecule has 11 nitrogen and oxygen atoms in total. The van der Waals surface area contributed by atoms with E-state index in [1.165, 1.54) is 0 Å². The summed E-state index contributed by atoms with van der Waals surface area (Å²) in [4.78, 5) is 37.4. The third-order valence-electron chi connectivity index (χ3n) is 9.37. The molecule has 7 rings (SSSR count). The van der Waals surface area contributed by atoms with E-state index in [4.69, 9.17) is 47.6 Å². The van der Waals surface area contributed by atoms with Crippen LogP contribution in [-0.4, -0.2) is 75.6 Å². The molecule has 51 heavy (non-hydrogen) atoms. The van der Waals surface area contributed by atoms with Gasteiger partial charge in [-0.1, -0.05) is 65.7 Å². The van der Waals surface area contributed by atoms with Gasteiger partial charge in [-0.05, 0) is 31.5 Å². The van der Waals surface area contributed by atoms with Crippen LogP contribution in [0.25, 0.3) is 33.6 Å². The number of likely N-dealkylation sites (tertiary alicyclic amines) is 1. The minimum absolute atomic E-state index is 0.0858. The summed E-state index contributed by atoms with van der Waals surface area (Å²) < 4.78 is 11.3. The number of hydrogen-bond acceptors (Lipinski definition) is 10. The molecule has 2 atom stereocenters. The molecule has 2 saturated heterocycles. The number of carbonyl (C=O) groups is 1. The molecule has 3 aromatic heterocycles. The van der Waals surface area contributed by atoms with Gasteiger partial charge < -0.3 is 20.1 Å². The minimum atomic E-state index is 0.0858. The topological polar surface area (TPSA) is 127 Å². The van der Waals surface area contributed by atoms with Crippen molar-refractivity contribution >= 4 is 29.1 Å². The Hall–Kier alpha value is -4.68. The van der Waals surface area contributed by atoms with E-state index in [1.807, 2.05) is 54.7 Å². The van der Waals surface area contributed by atoms with E-state index >= 15 is 0 Å². The normalized spacial score (nSPS) is 17.5. The Kier molecular flexibility index (Phi) is 10.7. The van der Waals surface area contributed by atoms with Crippen LogP contribution in [0.4, 0.5) is 0 Å². The lowest BCUT2D eigenvalue weighted by atomic mass is 9.98. The highest BCUT2D eigenvalue weighted by Crippen LogP contribution is 2.42. The van der Waals surface area contributed by atoms with Crippen molar-refractivity contribution in [2.75, 3.05) is 33.9 Å². The Labute approximate surface area is 306 Å². The van der Waals surface area contributed by atoms with Crippen LogP contribution in [0, 0.1) is 0 Å². The number of aromatic nitrogens is 5. The van der Waals surface area contributed by atoms with Gasteiger partial charge in [0.25, 0.3) is 0 Å². The van der Waals surface area contributed by atoms with E-state index < -0.39 is 0 Å². The van der Waals surface area contributed by atoms with E-state index in [0.717, 1.165) is 48.4 Å². The summed E-state index contributed by atoms with van der Waals surface area (Å²) in [6.07, 6.45) is 7.70. The molecule has 1 amide bonds. The number of carbonyl (C=O) groups excluding carboxylic acids is 1. The summed E-state index contributed by atoms with van der Waals surface area (Å²) >= 11 is 14.2. The molecule has 0 bridgehead atoms. The van der Waals surface area contributed by atoms with Gasteiger partial charge >= 0.3 is 0 Å². The van der Waals surface area contributed by atoms with Crippen LogP contribution in [0.1, 0.15) is 42.3 Å². The van der Waals surface area contributed by atoms with Crippen LogP contribution < -0.4 is 20.1 Å². The maximum Gasteiger partial charge on any atom is 0.237 e. The predicted octanol–water partition coefficient (Wildman–Crippen LogP) is 6.34. The first-order valence-corrected chi connectivity index (χ1v) is 17.7. The fourth-order valence-electron chi connectivity index (χ4n) is 6.73. The molecule has 5 heterocycles. The zero-order valence-corrected chi connectivity index (χ0v) is 29.9. The molecular weight excluding hydrogens is 687 g/mol. The third-order valence-corrected chi connectivity index (χ3v) is 10.2. The molecule has 5 aromatic rings. The van der Waals surface area contributed by atoms with Gasteiger partial charge in [0, 0.05) is 78.7 Å². The summed E-state index contributed by atoms with van der Waals surface area (Å²) in [5.41, 5.74) is 6.58. The van der Waals surface area contributed by atoms with E-state index in [9.17, 15) is 4.79 Å². The molecule has 2 fully saturated rings. The highest BCUT2D eigenvalue weighted by molar-refractivity contribution is 6.39. The van der Waals surface area contributed by atoms with E-state index in [0.29, 0.717) is 82.0 Å². The lowest BCUT2D eigenvalue weighted by molar-refractivity contribution is -0.119. The number of ether oxygens (including phenoxy) is 2. The Bertz CT molecular complexity index is 2030. The Morgan fingerprint density at radius 2 is 1.47 bits per heavy atom. The second-order valence-corrected chi connectivity index (χ2v) is 13.4. The van der Waals surface area contributed by atoms with Gasteiger partial charge in [0.05, 0.1) is 48.0 Å². The maximum absolute atomic E-state index is 11.5. The fourth-order valence-corrected chi connectivity index (χ4v) is 7.38. The largest absolute Gasteiger partial charge is 0.480 e. The Morgan fingerprint density at radius 3 is 2.08 bits per heavy atom. The van der Waals surface area contributed by atoms with Crippen LogP contribution in [0.3, 0.4) is 0 Å². The Morgan fingerprint density at radius 1 is 0.824 bits per heavy atom. The number of pyridine rings is 1. The standard InChI is InChI=1S/C38H38Cl2N8O3/c1-50-37-32(18-41-17-24-12-13-34(49)45-24)43-19-30(46-37)27-9-5-7-25(35(27)39)26-8-6-10-28(36(26)40)31-20-44-33(38(47-31)51-2)22-48-16-14-23(21-48)29-11-3-4-15-42-29/h3-11,15,19-20,23-24,41H,12-14,16-18,21-22H2,1-2H3,(H,45,49)/t23?,24-/m0/s1. The third kappa shape index (κ3) is 7.67. The van der Waals surface area contributed by atoms with Crippen molar-refractivity contribution in [3.05, 3.63) is 100 Å².